The molecule has 0 saturated heterocycles. The number of rotatable bonds is 12. The summed E-state index contributed by atoms with van der Waals surface area (Å²) in [5.41, 5.74) is 2.41. The molecule has 174 valence electrons. The molecule has 0 spiro atoms. The largest absolute Gasteiger partial charge is 0.489 e. The van der Waals surface area contributed by atoms with Gasteiger partial charge < -0.3 is 14.2 Å². The van der Waals surface area contributed by atoms with Crippen LogP contribution in [0.25, 0.3) is 6.08 Å². The number of ketones is 1. The molecule has 0 aromatic heterocycles. The zero-order valence-electron chi connectivity index (χ0n) is 19.6. The van der Waals surface area contributed by atoms with Crippen LogP contribution in [0.5, 0.6) is 17.2 Å². The van der Waals surface area contributed by atoms with Crippen LogP contribution >= 0.6 is 0 Å². The van der Waals surface area contributed by atoms with E-state index >= 15 is 0 Å². The van der Waals surface area contributed by atoms with E-state index in [1.165, 1.54) is 0 Å². The molecule has 6 nitrogen and oxygen atoms in total. The number of carbonyl (C=O) groups excluding carboxylic acids is 1. The lowest BCUT2D eigenvalue weighted by Gasteiger charge is -2.29. The number of ether oxygens (including phenoxy) is 3. The van der Waals surface area contributed by atoms with Crippen molar-refractivity contribution in [2.45, 2.75) is 52.2 Å². The van der Waals surface area contributed by atoms with Crippen LogP contribution in [-0.2, 0) is 13.0 Å². The Bertz CT molecular complexity index is 1050. The smallest absolute Gasteiger partial charge is 0.203 e. The second-order valence-corrected chi connectivity index (χ2v) is 8.54. The average molecular weight is 450 g/mol. The van der Waals surface area contributed by atoms with Gasteiger partial charge in [-0.2, -0.15) is 4.91 Å². The molecular formula is C27H31NO5. The lowest BCUT2D eigenvalue weighted by atomic mass is 9.99. The first kappa shape index (κ1) is 24.2. The van der Waals surface area contributed by atoms with Crippen molar-refractivity contribution < 1.29 is 19.0 Å². The molecule has 2 aromatic rings. The van der Waals surface area contributed by atoms with Crippen LogP contribution in [0.2, 0.25) is 0 Å². The quantitative estimate of drug-likeness (QED) is 0.216. The van der Waals surface area contributed by atoms with Crippen LogP contribution in [0.3, 0.4) is 0 Å². The second-order valence-electron chi connectivity index (χ2n) is 8.54. The molecule has 0 fully saturated rings. The van der Waals surface area contributed by atoms with Gasteiger partial charge in [0.1, 0.15) is 36.0 Å². The maximum Gasteiger partial charge on any atom is 0.203 e. The van der Waals surface area contributed by atoms with Gasteiger partial charge in [-0.1, -0.05) is 37.2 Å². The fourth-order valence-corrected chi connectivity index (χ4v) is 3.66. The van der Waals surface area contributed by atoms with Crippen LogP contribution in [0.15, 0.2) is 54.2 Å². The summed E-state index contributed by atoms with van der Waals surface area (Å²) >= 11 is 0. The average Bonchev–Trinajstić information content (AvgIpc) is 2.80. The van der Waals surface area contributed by atoms with Crippen LogP contribution in [0.1, 0.15) is 60.7 Å². The SMILES string of the molecule is C=CCOc1cc(CCCC)ccc1C(=O)COc1c(CN=O)ccc2c1C=CC(C)(C)O2. The monoisotopic (exact) mass is 449 g/mol. The van der Waals surface area contributed by atoms with E-state index in [1.807, 2.05) is 38.1 Å². The molecule has 0 saturated carbocycles. The molecule has 0 atom stereocenters. The predicted octanol–water partition coefficient (Wildman–Crippen LogP) is 6.31. The first-order valence-corrected chi connectivity index (χ1v) is 11.2. The van der Waals surface area contributed by atoms with Crippen molar-refractivity contribution in [2.75, 3.05) is 13.2 Å². The summed E-state index contributed by atoms with van der Waals surface area (Å²) in [5.74, 6) is 1.36. The van der Waals surface area contributed by atoms with Crippen molar-refractivity contribution in [3.8, 4) is 17.2 Å². The highest BCUT2D eigenvalue weighted by Gasteiger charge is 2.26. The highest BCUT2D eigenvalue weighted by atomic mass is 16.5. The van der Waals surface area contributed by atoms with E-state index in [-0.39, 0.29) is 18.9 Å². The maximum absolute atomic E-state index is 13.1. The number of hydrogen-bond acceptors (Lipinski definition) is 6. The van der Waals surface area contributed by atoms with Gasteiger partial charge >= 0.3 is 0 Å². The van der Waals surface area contributed by atoms with Gasteiger partial charge in [0, 0.05) is 5.56 Å². The third-order valence-corrected chi connectivity index (χ3v) is 5.37. The summed E-state index contributed by atoms with van der Waals surface area (Å²) in [6.07, 6.45) is 8.54. The Morgan fingerprint density at radius 1 is 1.21 bits per heavy atom. The van der Waals surface area contributed by atoms with Gasteiger partial charge in [0.25, 0.3) is 0 Å². The molecule has 33 heavy (non-hydrogen) atoms. The number of unbranched alkanes of at least 4 members (excludes halogenated alkanes) is 1. The molecule has 0 unspecified atom stereocenters. The van der Waals surface area contributed by atoms with E-state index in [1.54, 1.807) is 24.3 Å². The highest BCUT2D eigenvalue weighted by molar-refractivity contribution is 6.00. The van der Waals surface area contributed by atoms with Gasteiger partial charge in [-0.05, 0) is 68.7 Å². The van der Waals surface area contributed by atoms with Crippen molar-refractivity contribution in [2.24, 2.45) is 5.18 Å². The number of nitrogens with zero attached hydrogens (tertiary/aromatic N) is 1. The molecule has 3 rings (SSSR count). The van der Waals surface area contributed by atoms with Crippen LogP contribution in [0, 0.1) is 4.91 Å². The zero-order chi connectivity index (χ0) is 23.8. The number of Topliss-reactive ketones (excluding diaryl/α,β-unsaturated/α-hetero) is 1. The van der Waals surface area contributed by atoms with E-state index < -0.39 is 5.60 Å². The summed E-state index contributed by atoms with van der Waals surface area (Å²) < 4.78 is 17.7. The topological polar surface area (TPSA) is 74.2 Å². The van der Waals surface area contributed by atoms with Gasteiger partial charge in [-0.15, -0.1) is 0 Å². The third kappa shape index (κ3) is 6.09. The Morgan fingerprint density at radius 3 is 2.76 bits per heavy atom. The molecule has 1 heterocycles. The van der Waals surface area contributed by atoms with Gasteiger partial charge in [-0.25, -0.2) is 0 Å². The van der Waals surface area contributed by atoms with Crippen LogP contribution in [0.4, 0.5) is 0 Å². The van der Waals surface area contributed by atoms with Crippen LogP contribution in [-0.4, -0.2) is 24.6 Å². The third-order valence-electron chi connectivity index (χ3n) is 5.37. The summed E-state index contributed by atoms with van der Waals surface area (Å²) in [5, 5.41) is 3.00. The Kier molecular flexibility index (Phi) is 8.04. The molecule has 2 aromatic carbocycles. The van der Waals surface area contributed by atoms with Crippen molar-refractivity contribution in [1.29, 1.82) is 0 Å². The molecule has 0 radical (unpaired) electrons. The Balaban J connectivity index is 1.85. The fraction of sp³-hybridized carbons (Fsp3) is 0.370. The molecule has 0 bridgehead atoms. The second kappa shape index (κ2) is 10.9. The molecule has 0 N–H and O–H groups in total. The standard InChI is InChI=1S/C27H31NO5/c1-5-7-8-19-9-11-21(25(16-19)31-15-6-2)23(29)18-32-26-20(17-28-30)10-12-24-22(26)13-14-27(3,4)33-24/h6,9-14,16H,2,5,7-8,15,17-18H2,1,3-4H3. The number of fused-ring (bicyclic) bond motifs is 1. The number of hydrogen-bond donors (Lipinski definition) is 0. The van der Waals surface area contributed by atoms with E-state index in [9.17, 15) is 9.70 Å². The van der Waals surface area contributed by atoms with Crippen molar-refractivity contribution in [3.63, 3.8) is 0 Å². The molecule has 1 aliphatic heterocycles. The highest BCUT2D eigenvalue weighted by Crippen LogP contribution is 2.39. The Labute approximate surface area is 195 Å². The van der Waals surface area contributed by atoms with E-state index in [4.69, 9.17) is 14.2 Å². The number of carbonyl (C=O) groups is 1. The van der Waals surface area contributed by atoms with E-state index in [2.05, 4.69) is 18.7 Å². The minimum atomic E-state index is -0.457. The van der Waals surface area contributed by atoms with E-state index in [0.29, 0.717) is 40.5 Å². The van der Waals surface area contributed by atoms with Gasteiger partial charge in [0.15, 0.2) is 6.61 Å². The Morgan fingerprint density at radius 2 is 2.03 bits per heavy atom. The van der Waals surface area contributed by atoms with Gasteiger partial charge in [0.2, 0.25) is 5.78 Å². The lowest BCUT2D eigenvalue weighted by Crippen LogP contribution is -2.27. The minimum absolute atomic E-state index is 0.0616. The first-order valence-electron chi connectivity index (χ1n) is 11.2. The zero-order valence-corrected chi connectivity index (χ0v) is 19.6. The van der Waals surface area contributed by atoms with Crippen molar-refractivity contribution in [1.82, 2.24) is 0 Å². The normalized spacial score (nSPS) is 13.5. The Hall–Kier alpha value is -3.41. The fourth-order valence-electron chi connectivity index (χ4n) is 3.66. The number of nitroso groups, excluding NO2 is 1. The molecule has 0 aliphatic carbocycles. The van der Waals surface area contributed by atoms with Crippen molar-refractivity contribution in [3.05, 3.63) is 76.2 Å². The molecular weight excluding hydrogens is 418 g/mol. The summed E-state index contributed by atoms with van der Waals surface area (Å²) in [6.45, 7) is 9.76. The lowest BCUT2D eigenvalue weighted by molar-refractivity contribution is 0.0915. The number of benzene rings is 2. The molecule has 1 aliphatic rings. The summed E-state index contributed by atoms with van der Waals surface area (Å²) in [6, 6.07) is 9.20. The first-order chi connectivity index (χ1) is 15.9. The minimum Gasteiger partial charge on any atom is -0.489 e. The maximum atomic E-state index is 13.1. The number of aryl methyl sites for hydroxylation is 1. The summed E-state index contributed by atoms with van der Waals surface area (Å²) in [4.78, 5) is 24.1. The van der Waals surface area contributed by atoms with Crippen LogP contribution < -0.4 is 14.2 Å². The molecule has 6 heteroatoms. The predicted molar refractivity (Wildman–Crippen MR) is 130 cm³/mol. The van der Waals surface area contributed by atoms with Crippen molar-refractivity contribution >= 4 is 11.9 Å². The van der Waals surface area contributed by atoms with Gasteiger partial charge in [0.05, 0.1) is 11.1 Å². The van der Waals surface area contributed by atoms with E-state index in [0.717, 1.165) is 24.8 Å². The van der Waals surface area contributed by atoms with Gasteiger partial charge in [-0.3, -0.25) is 4.79 Å². The molecule has 0 amide bonds. The summed E-state index contributed by atoms with van der Waals surface area (Å²) in [7, 11) is 0.